The number of alkyl halides is 3. The second-order valence-electron chi connectivity index (χ2n) is 9.15. The first-order chi connectivity index (χ1) is 16.7. The van der Waals surface area contributed by atoms with E-state index in [4.69, 9.17) is 4.74 Å². The van der Waals surface area contributed by atoms with Crippen LogP contribution in [-0.4, -0.2) is 12.6 Å². The summed E-state index contributed by atoms with van der Waals surface area (Å²) in [6.45, 7) is 8.32. The van der Waals surface area contributed by atoms with Gasteiger partial charge in [0, 0.05) is 5.92 Å². The number of esters is 1. The number of hydrogen-bond donors (Lipinski definition) is 0. The zero-order valence-corrected chi connectivity index (χ0v) is 20.4. The van der Waals surface area contributed by atoms with Crippen LogP contribution in [0.3, 0.4) is 0 Å². The molecule has 2 aromatic carbocycles. The van der Waals surface area contributed by atoms with E-state index in [-0.39, 0.29) is 11.9 Å². The van der Waals surface area contributed by atoms with E-state index in [0.29, 0.717) is 18.1 Å². The highest BCUT2D eigenvalue weighted by Gasteiger charge is 2.40. The van der Waals surface area contributed by atoms with Gasteiger partial charge >= 0.3 is 12.1 Å². The van der Waals surface area contributed by atoms with Crippen LogP contribution in [0, 0.1) is 11.8 Å². The van der Waals surface area contributed by atoms with Gasteiger partial charge in [-0.15, -0.1) is 0 Å². The monoisotopic (exact) mass is 482 g/mol. The third-order valence-electron chi connectivity index (χ3n) is 6.63. The van der Waals surface area contributed by atoms with Crippen LogP contribution in [0.25, 0.3) is 5.57 Å². The minimum absolute atomic E-state index is 0.00417. The molecule has 2 aromatic rings. The third-order valence-corrected chi connectivity index (χ3v) is 6.63. The van der Waals surface area contributed by atoms with Crippen LogP contribution in [0.5, 0.6) is 0 Å². The first-order valence-corrected chi connectivity index (χ1v) is 12.1. The molecule has 35 heavy (non-hydrogen) atoms. The first-order valence-electron chi connectivity index (χ1n) is 12.1. The second kappa shape index (κ2) is 12.1. The number of ether oxygens (including phenoxy) is 1. The number of fused-ring (bicyclic) bond motifs is 2. The molecule has 0 spiro atoms. The Labute approximate surface area is 206 Å². The Kier molecular flexibility index (Phi) is 9.13. The number of halogens is 3. The molecular weight excluding hydrogens is 449 g/mol. The highest BCUT2D eigenvalue weighted by Crippen LogP contribution is 2.35. The van der Waals surface area contributed by atoms with Gasteiger partial charge in [-0.1, -0.05) is 74.5 Å². The number of carbonyl (C=O) groups is 1. The average molecular weight is 483 g/mol. The number of rotatable bonds is 6. The first kappa shape index (κ1) is 26.5. The van der Waals surface area contributed by atoms with Crippen molar-refractivity contribution in [1.82, 2.24) is 0 Å². The molecule has 2 aliphatic rings. The van der Waals surface area contributed by atoms with E-state index in [0.717, 1.165) is 49.3 Å². The maximum atomic E-state index is 12.7. The quantitative estimate of drug-likeness (QED) is 0.308. The predicted octanol–water partition coefficient (Wildman–Crippen LogP) is 7.99. The molecule has 0 unspecified atom stereocenters. The van der Waals surface area contributed by atoms with Crippen molar-refractivity contribution in [1.29, 1.82) is 0 Å². The summed E-state index contributed by atoms with van der Waals surface area (Å²) in [6, 6.07) is 13.8. The van der Waals surface area contributed by atoms with E-state index >= 15 is 0 Å². The fraction of sp³-hybridized carbons (Fsp3) is 0.367. The summed E-state index contributed by atoms with van der Waals surface area (Å²) >= 11 is 0. The highest BCUT2D eigenvalue weighted by molar-refractivity contribution is 5.75. The lowest BCUT2D eigenvalue weighted by molar-refractivity contribution is -0.141. The van der Waals surface area contributed by atoms with Crippen molar-refractivity contribution in [2.45, 2.75) is 52.1 Å². The molecule has 0 amide bonds. The maximum Gasteiger partial charge on any atom is 0.416 e. The Morgan fingerprint density at radius 1 is 1.09 bits per heavy atom. The smallest absolute Gasteiger partial charge is 0.416 e. The zero-order valence-electron chi connectivity index (χ0n) is 20.4. The molecule has 1 fully saturated rings. The molecule has 0 bridgehead atoms. The summed E-state index contributed by atoms with van der Waals surface area (Å²) in [7, 11) is 0. The largest absolute Gasteiger partial charge is 0.465 e. The van der Waals surface area contributed by atoms with Gasteiger partial charge in [-0.2, -0.15) is 13.2 Å². The van der Waals surface area contributed by atoms with Crippen molar-refractivity contribution in [3.8, 4) is 0 Å². The Bertz CT molecular complexity index is 1090. The Morgan fingerprint density at radius 3 is 2.46 bits per heavy atom. The number of cyclic esters (lactones) is 1. The van der Waals surface area contributed by atoms with Crippen molar-refractivity contribution in [3.63, 3.8) is 0 Å². The van der Waals surface area contributed by atoms with E-state index in [1.54, 1.807) is 12.1 Å². The van der Waals surface area contributed by atoms with Crippen molar-refractivity contribution in [2.24, 2.45) is 11.8 Å². The summed E-state index contributed by atoms with van der Waals surface area (Å²) in [6.07, 6.45) is 6.26. The van der Waals surface area contributed by atoms with Gasteiger partial charge < -0.3 is 4.74 Å². The molecule has 0 radical (unpaired) electrons. The van der Waals surface area contributed by atoms with Crippen LogP contribution in [0.2, 0.25) is 0 Å². The number of carbonyl (C=O) groups excluding carboxylic acids is 1. The second-order valence-corrected chi connectivity index (χ2v) is 9.15. The molecule has 2 atom stereocenters. The van der Waals surface area contributed by atoms with Gasteiger partial charge in [-0.25, -0.2) is 0 Å². The number of unbranched alkanes of at least 4 members (excludes halogenated alkanes) is 1. The van der Waals surface area contributed by atoms with E-state index in [1.165, 1.54) is 23.3 Å². The van der Waals surface area contributed by atoms with Crippen molar-refractivity contribution >= 4 is 11.5 Å². The lowest BCUT2D eigenvalue weighted by atomic mass is 9.78. The van der Waals surface area contributed by atoms with Crippen LogP contribution >= 0.6 is 0 Å². The fourth-order valence-corrected chi connectivity index (χ4v) is 4.43. The molecule has 2 nitrogen and oxygen atoms in total. The summed E-state index contributed by atoms with van der Waals surface area (Å²) in [5.41, 5.74) is 4.59. The van der Waals surface area contributed by atoms with Gasteiger partial charge in [0.1, 0.15) is 0 Å². The number of benzene rings is 2. The molecule has 1 saturated heterocycles. The minimum Gasteiger partial charge on any atom is -0.465 e. The van der Waals surface area contributed by atoms with Crippen molar-refractivity contribution in [2.75, 3.05) is 6.61 Å². The number of allylic oxidation sites excluding steroid dienone is 5. The molecular formula is C30H33F3O2. The normalized spacial score (nSPS) is 19.7. The molecule has 5 heteroatoms. The molecule has 4 rings (SSSR count). The number of hydrogen-bond acceptors (Lipinski definition) is 2. The fourth-order valence-electron chi connectivity index (χ4n) is 4.43. The average Bonchev–Trinajstić information content (AvgIpc) is 3.22. The van der Waals surface area contributed by atoms with Crippen LogP contribution in [-0.2, 0) is 28.5 Å². The van der Waals surface area contributed by atoms with E-state index < -0.39 is 11.7 Å². The minimum atomic E-state index is -4.31. The Balaban J connectivity index is 0.000000209. The standard InChI is InChI=1S/C18H21F3.C12H12O2/c1-4-6-8-15(5-2)12-11-14(3)16-9-7-10-17(13-16)18(19,20)21;13-12-11-6-9-4-2-1-3-8(9)5-10(11)7-14-12/h5,7,9-13H,2,4,6,8H2,1,3H3;1-4,10-11H,5-7H2/b14-11+,15-12-;/t;10-,11-/m.0/s1. The Morgan fingerprint density at radius 2 is 1.80 bits per heavy atom. The maximum absolute atomic E-state index is 12.7. The summed E-state index contributed by atoms with van der Waals surface area (Å²) in [5.74, 6) is 0.562. The lowest BCUT2D eigenvalue weighted by Gasteiger charge is -2.23. The molecule has 186 valence electrons. The SMILES string of the molecule is C=C/C(=C/C=C(\C)c1cccc(C(F)(F)F)c1)CCCC.O=C1OC[C@@H]2Cc3ccccc3C[C@H]12. The zero-order chi connectivity index (χ0) is 25.4. The van der Waals surface area contributed by atoms with Gasteiger partial charge in [0.25, 0.3) is 0 Å². The molecule has 0 aromatic heterocycles. The van der Waals surface area contributed by atoms with Crippen molar-refractivity contribution < 1.29 is 22.7 Å². The molecule has 0 N–H and O–H groups in total. The third kappa shape index (κ3) is 7.20. The van der Waals surface area contributed by atoms with E-state index in [2.05, 4.69) is 31.7 Å². The van der Waals surface area contributed by atoms with Crippen LogP contribution in [0.4, 0.5) is 13.2 Å². The topological polar surface area (TPSA) is 26.3 Å². The summed E-state index contributed by atoms with van der Waals surface area (Å²) in [4.78, 5) is 11.4. The predicted molar refractivity (Wildman–Crippen MR) is 135 cm³/mol. The molecule has 1 aliphatic carbocycles. The molecule has 0 saturated carbocycles. The van der Waals surface area contributed by atoms with Crippen LogP contribution in [0.1, 0.15) is 55.4 Å². The van der Waals surface area contributed by atoms with Gasteiger partial charge in [-0.3, -0.25) is 4.79 Å². The molecule has 1 aliphatic heterocycles. The lowest BCUT2D eigenvalue weighted by Crippen LogP contribution is -2.25. The van der Waals surface area contributed by atoms with Gasteiger partial charge in [0.2, 0.25) is 0 Å². The van der Waals surface area contributed by atoms with E-state index in [1.807, 2.05) is 25.1 Å². The van der Waals surface area contributed by atoms with E-state index in [9.17, 15) is 18.0 Å². The Hall–Kier alpha value is -3.08. The highest BCUT2D eigenvalue weighted by atomic mass is 19.4. The van der Waals surface area contributed by atoms with Crippen LogP contribution < -0.4 is 0 Å². The van der Waals surface area contributed by atoms with Crippen LogP contribution in [0.15, 0.2) is 78.9 Å². The summed E-state index contributed by atoms with van der Waals surface area (Å²) in [5, 5.41) is 0. The van der Waals surface area contributed by atoms with Crippen molar-refractivity contribution in [3.05, 3.63) is 101 Å². The van der Waals surface area contributed by atoms with Gasteiger partial charge in [0.05, 0.1) is 18.1 Å². The van der Waals surface area contributed by atoms with Gasteiger partial charge in [-0.05, 0) is 72.6 Å². The molecule has 1 heterocycles. The van der Waals surface area contributed by atoms with Gasteiger partial charge in [0.15, 0.2) is 0 Å². The summed E-state index contributed by atoms with van der Waals surface area (Å²) < 4.78 is 43.2.